The quantitative estimate of drug-likeness (QED) is 0.354. The van der Waals surface area contributed by atoms with E-state index < -0.39 is 17.2 Å². The minimum atomic E-state index is -0.961. The molecule has 0 atom stereocenters. The first-order valence-corrected chi connectivity index (χ1v) is 3.30. The number of nitrogens with one attached hydrogen (secondary N) is 2. The van der Waals surface area contributed by atoms with E-state index in [0.29, 0.717) is 0 Å². The lowest BCUT2D eigenvalue weighted by Gasteiger charge is -1.99. The van der Waals surface area contributed by atoms with Gasteiger partial charge in [-0.15, -0.1) is 0 Å². The van der Waals surface area contributed by atoms with Crippen LogP contribution in [0.1, 0.15) is 10.4 Å². The fourth-order valence-corrected chi connectivity index (χ4v) is 0.786. The molecule has 0 aliphatic heterocycles. The molecule has 1 aromatic rings. The van der Waals surface area contributed by atoms with Crippen LogP contribution in [0.2, 0.25) is 0 Å². The number of nitrogens with zero attached hydrogens (tertiary/aromatic N) is 1. The van der Waals surface area contributed by atoms with Crippen LogP contribution in [0.3, 0.4) is 0 Å². The minimum Gasteiger partial charge on any atom is -0.303 e. The molecule has 0 aliphatic rings. The van der Waals surface area contributed by atoms with E-state index in [2.05, 4.69) is 0 Å². The van der Waals surface area contributed by atoms with Crippen molar-refractivity contribution in [3.8, 4) is 0 Å². The third-order valence-electron chi connectivity index (χ3n) is 1.45. The molecular formula is C6H7N3O4. The van der Waals surface area contributed by atoms with Crippen molar-refractivity contribution >= 4 is 5.91 Å². The molecule has 0 fully saturated rings. The van der Waals surface area contributed by atoms with Gasteiger partial charge in [-0.1, -0.05) is 0 Å². The summed E-state index contributed by atoms with van der Waals surface area (Å²) in [6, 6.07) is 0. The maximum Gasteiger partial charge on any atom is 0.328 e. The van der Waals surface area contributed by atoms with E-state index in [9.17, 15) is 14.4 Å². The van der Waals surface area contributed by atoms with Crippen LogP contribution < -0.4 is 16.7 Å². The Morgan fingerprint density at radius 1 is 1.62 bits per heavy atom. The first-order chi connectivity index (χ1) is 6.06. The average molecular weight is 185 g/mol. The predicted molar refractivity (Wildman–Crippen MR) is 41.6 cm³/mol. The van der Waals surface area contributed by atoms with Gasteiger partial charge in [0, 0.05) is 13.2 Å². The molecule has 0 aliphatic carbocycles. The predicted octanol–water partition coefficient (Wildman–Crippen LogP) is -1.81. The third-order valence-corrected chi connectivity index (χ3v) is 1.45. The maximum absolute atomic E-state index is 11.0. The molecule has 0 unspecified atom stereocenters. The van der Waals surface area contributed by atoms with Gasteiger partial charge in [0.1, 0.15) is 5.56 Å². The zero-order valence-corrected chi connectivity index (χ0v) is 6.70. The molecule has 0 bridgehead atoms. The van der Waals surface area contributed by atoms with Crippen LogP contribution in [0.15, 0.2) is 15.8 Å². The third kappa shape index (κ3) is 1.64. The summed E-state index contributed by atoms with van der Waals surface area (Å²) < 4.78 is 1.02. The number of H-pyrrole nitrogens is 1. The maximum atomic E-state index is 11.0. The summed E-state index contributed by atoms with van der Waals surface area (Å²) in [6.45, 7) is 0. The van der Waals surface area contributed by atoms with Crippen LogP contribution in [0.25, 0.3) is 0 Å². The van der Waals surface area contributed by atoms with Crippen molar-refractivity contribution in [2.24, 2.45) is 7.05 Å². The van der Waals surface area contributed by atoms with Gasteiger partial charge >= 0.3 is 5.69 Å². The van der Waals surface area contributed by atoms with Crippen LogP contribution in [-0.2, 0) is 7.05 Å². The number of hydrogen-bond donors (Lipinski definition) is 3. The van der Waals surface area contributed by atoms with E-state index in [0.717, 1.165) is 10.8 Å². The lowest BCUT2D eigenvalue weighted by molar-refractivity contribution is 0.0703. The van der Waals surface area contributed by atoms with Crippen molar-refractivity contribution in [3.63, 3.8) is 0 Å². The van der Waals surface area contributed by atoms with Crippen molar-refractivity contribution < 1.29 is 10.0 Å². The van der Waals surface area contributed by atoms with Crippen molar-refractivity contribution in [1.82, 2.24) is 15.0 Å². The van der Waals surface area contributed by atoms with E-state index in [4.69, 9.17) is 5.21 Å². The largest absolute Gasteiger partial charge is 0.328 e. The van der Waals surface area contributed by atoms with Gasteiger partial charge in [-0.3, -0.25) is 19.8 Å². The highest BCUT2D eigenvalue weighted by Crippen LogP contribution is 1.84. The standard InChI is InChI=1S/C6H7N3O4/c1-9-2-3(5(11)8-13)4(10)7-6(9)12/h2,13H,1H3,(H,8,11)(H,7,10,12). The molecule has 7 heteroatoms. The monoisotopic (exact) mass is 185 g/mol. The number of hydroxylamine groups is 1. The highest BCUT2D eigenvalue weighted by atomic mass is 16.5. The van der Waals surface area contributed by atoms with Crippen molar-refractivity contribution in [2.45, 2.75) is 0 Å². The summed E-state index contributed by atoms with van der Waals surface area (Å²) in [5.74, 6) is -0.961. The number of rotatable bonds is 1. The van der Waals surface area contributed by atoms with Crippen LogP contribution in [0.5, 0.6) is 0 Å². The Morgan fingerprint density at radius 2 is 2.23 bits per heavy atom. The zero-order valence-electron chi connectivity index (χ0n) is 6.70. The molecule has 1 rings (SSSR count). The Morgan fingerprint density at radius 3 is 2.77 bits per heavy atom. The van der Waals surface area contributed by atoms with Crippen LogP contribution in [0, 0.1) is 0 Å². The Bertz CT molecular complexity index is 444. The molecule has 1 aromatic heterocycles. The van der Waals surface area contributed by atoms with Crippen LogP contribution >= 0.6 is 0 Å². The van der Waals surface area contributed by atoms with E-state index in [1.54, 1.807) is 0 Å². The molecule has 0 aromatic carbocycles. The summed E-state index contributed by atoms with van der Waals surface area (Å²) >= 11 is 0. The second-order valence-corrected chi connectivity index (χ2v) is 2.35. The van der Waals surface area contributed by atoms with Crippen molar-refractivity contribution in [3.05, 3.63) is 32.6 Å². The number of hydrogen-bond acceptors (Lipinski definition) is 4. The lowest BCUT2D eigenvalue weighted by atomic mass is 10.3. The van der Waals surface area contributed by atoms with Gasteiger partial charge in [0.2, 0.25) is 0 Å². The molecule has 13 heavy (non-hydrogen) atoms. The van der Waals surface area contributed by atoms with Gasteiger partial charge in [0.25, 0.3) is 11.5 Å². The zero-order chi connectivity index (χ0) is 10.0. The molecule has 0 radical (unpaired) electrons. The number of aromatic nitrogens is 2. The van der Waals surface area contributed by atoms with Gasteiger partial charge in [0.15, 0.2) is 0 Å². The number of aryl methyl sites for hydroxylation is 1. The van der Waals surface area contributed by atoms with E-state index in [-0.39, 0.29) is 5.56 Å². The van der Waals surface area contributed by atoms with Gasteiger partial charge in [-0.25, -0.2) is 10.3 Å². The molecule has 0 spiro atoms. The normalized spacial score (nSPS) is 9.69. The number of aromatic amines is 1. The molecule has 7 nitrogen and oxygen atoms in total. The van der Waals surface area contributed by atoms with Crippen molar-refractivity contribution in [1.29, 1.82) is 0 Å². The molecule has 0 saturated carbocycles. The summed E-state index contributed by atoms with van der Waals surface area (Å²) in [5.41, 5.74) is -0.498. The first-order valence-electron chi connectivity index (χ1n) is 3.30. The highest BCUT2D eigenvalue weighted by molar-refractivity contribution is 5.92. The molecule has 70 valence electrons. The Labute approximate surface area is 71.6 Å². The number of amides is 1. The topological polar surface area (TPSA) is 104 Å². The fraction of sp³-hybridized carbons (Fsp3) is 0.167. The summed E-state index contributed by atoms with van der Waals surface area (Å²) in [6.07, 6.45) is 1.03. The average Bonchev–Trinajstić information content (AvgIpc) is 2.10. The summed E-state index contributed by atoms with van der Waals surface area (Å²) in [7, 11) is 1.37. The van der Waals surface area contributed by atoms with Gasteiger partial charge in [-0.05, 0) is 0 Å². The van der Waals surface area contributed by atoms with Gasteiger partial charge < -0.3 is 4.57 Å². The van der Waals surface area contributed by atoms with E-state index >= 15 is 0 Å². The molecule has 1 amide bonds. The Kier molecular flexibility index (Phi) is 2.29. The second-order valence-electron chi connectivity index (χ2n) is 2.35. The van der Waals surface area contributed by atoms with E-state index in [1.165, 1.54) is 12.5 Å². The molecular weight excluding hydrogens is 178 g/mol. The SMILES string of the molecule is Cn1cc(C(=O)NO)c(=O)[nH]c1=O. The Hall–Kier alpha value is -1.89. The van der Waals surface area contributed by atoms with Gasteiger partial charge in [-0.2, -0.15) is 0 Å². The second kappa shape index (κ2) is 3.23. The lowest BCUT2D eigenvalue weighted by Crippen LogP contribution is -2.35. The molecule has 1 heterocycles. The summed E-state index contributed by atoms with van der Waals surface area (Å²) in [5, 5.41) is 8.23. The van der Waals surface area contributed by atoms with Crippen LogP contribution in [-0.4, -0.2) is 20.7 Å². The number of carbonyl (C=O) groups excluding carboxylic acids is 1. The van der Waals surface area contributed by atoms with Crippen LogP contribution in [0.4, 0.5) is 0 Å². The first kappa shape index (κ1) is 9.20. The molecule has 3 N–H and O–H groups in total. The van der Waals surface area contributed by atoms with Gasteiger partial charge in [0.05, 0.1) is 0 Å². The number of carbonyl (C=O) groups is 1. The smallest absolute Gasteiger partial charge is 0.303 e. The fourth-order valence-electron chi connectivity index (χ4n) is 0.786. The highest BCUT2D eigenvalue weighted by Gasteiger charge is 2.10. The van der Waals surface area contributed by atoms with E-state index in [1.807, 2.05) is 4.98 Å². The van der Waals surface area contributed by atoms with Crippen molar-refractivity contribution in [2.75, 3.05) is 0 Å². The Balaban J connectivity index is 3.41. The summed E-state index contributed by atoms with van der Waals surface area (Å²) in [4.78, 5) is 34.5. The minimum absolute atomic E-state index is 0.329. The molecule has 0 saturated heterocycles.